The third kappa shape index (κ3) is 5.36. The lowest BCUT2D eigenvalue weighted by atomic mass is 9.81. The number of carbonyl (C=O) groups is 3. The zero-order chi connectivity index (χ0) is 23.3. The lowest BCUT2D eigenvalue weighted by Gasteiger charge is -2.37. The van der Waals surface area contributed by atoms with Crippen molar-refractivity contribution in [3.63, 3.8) is 0 Å². The molecular formula is C26H31NO5. The molecule has 2 aromatic rings. The van der Waals surface area contributed by atoms with Crippen LogP contribution < -0.4 is 9.64 Å². The number of phenolic OH excluding ortho intramolecular Hbond substituents is 1. The van der Waals surface area contributed by atoms with Crippen molar-refractivity contribution < 1.29 is 24.2 Å². The molecule has 1 N–H and O–H groups in total. The number of benzene rings is 2. The molecule has 170 valence electrons. The number of nitrogens with zero attached hydrogens (tertiary/aromatic N) is 1. The Bertz CT molecular complexity index is 972. The molecular weight excluding hydrogens is 406 g/mol. The quantitative estimate of drug-likeness (QED) is 0.544. The van der Waals surface area contributed by atoms with Crippen molar-refractivity contribution in [1.82, 2.24) is 0 Å². The van der Waals surface area contributed by atoms with Gasteiger partial charge in [-0.3, -0.25) is 9.59 Å². The predicted molar refractivity (Wildman–Crippen MR) is 123 cm³/mol. The molecule has 3 atom stereocenters. The number of anilines is 1. The Morgan fingerprint density at radius 3 is 2.62 bits per heavy atom. The van der Waals surface area contributed by atoms with Gasteiger partial charge in [-0.2, -0.15) is 0 Å². The Balaban J connectivity index is 1.73. The normalized spacial score (nSPS) is 18.7. The van der Waals surface area contributed by atoms with Crippen molar-refractivity contribution in [3.8, 4) is 11.5 Å². The summed E-state index contributed by atoms with van der Waals surface area (Å²) in [5.74, 6) is -0.575. The fourth-order valence-corrected chi connectivity index (χ4v) is 4.34. The van der Waals surface area contributed by atoms with Crippen molar-refractivity contribution in [2.24, 2.45) is 5.92 Å². The van der Waals surface area contributed by atoms with E-state index >= 15 is 0 Å². The van der Waals surface area contributed by atoms with Gasteiger partial charge in [0, 0.05) is 30.5 Å². The van der Waals surface area contributed by atoms with Crippen LogP contribution in [0, 0.1) is 5.92 Å². The van der Waals surface area contributed by atoms with Crippen LogP contribution in [0.2, 0.25) is 0 Å². The number of phenols is 1. The highest BCUT2D eigenvalue weighted by Gasteiger charge is 2.39. The molecule has 0 aliphatic carbocycles. The van der Waals surface area contributed by atoms with Gasteiger partial charge in [0.1, 0.15) is 17.3 Å². The minimum absolute atomic E-state index is 0.0114. The highest BCUT2D eigenvalue weighted by molar-refractivity contribution is 6.10. The molecule has 0 bridgehead atoms. The third-order valence-electron chi connectivity index (χ3n) is 6.13. The Morgan fingerprint density at radius 2 is 1.97 bits per heavy atom. The molecule has 1 aliphatic heterocycles. The minimum Gasteiger partial charge on any atom is -0.507 e. The van der Waals surface area contributed by atoms with Gasteiger partial charge in [-0.05, 0) is 52.0 Å². The summed E-state index contributed by atoms with van der Waals surface area (Å²) in [6.07, 6.45) is 3.91. The molecule has 0 saturated carbocycles. The van der Waals surface area contributed by atoms with Crippen LogP contribution in [-0.4, -0.2) is 35.2 Å². The summed E-state index contributed by atoms with van der Waals surface area (Å²) < 4.78 is 6.01. The third-order valence-corrected chi connectivity index (χ3v) is 6.13. The molecule has 3 rings (SSSR count). The summed E-state index contributed by atoms with van der Waals surface area (Å²) in [7, 11) is 0. The number of carbonyl (C=O) groups excluding carboxylic acids is 3. The molecule has 0 spiro atoms. The van der Waals surface area contributed by atoms with E-state index in [1.807, 2.05) is 25.1 Å². The monoisotopic (exact) mass is 437 g/mol. The van der Waals surface area contributed by atoms with E-state index < -0.39 is 12.0 Å². The van der Waals surface area contributed by atoms with Crippen LogP contribution in [0.15, 0.2) is 42.5 Å². The highest BCUT2D eigenvalue weighted by atomic mass is 16.5. The van der Waals surface area contributed by atoms with E-state index in [0.717, 1.165) is 19.3 Å². The topological polar surface area (TPSA) is 83.9 Å². The SMILES string of the molecule is CC(=O)CCC1C(=O)c2c(O)cc(O[C@H](C)CCCc3ccccc3)cc2N(C=O)[C@H]1C. The molecule has 6 heteroatoms. The van der Waals surface area contributed by atoms with Crippen LogP contribution in [0.5, 0.6) is 11.5 Å². The molecule has 6 nitrogen and oxygen atoms in total. The van der Waals surface area contributed by atoms with Crippen LogP contribution in [0.4, 0.5) is 5.69 Å². The molecule has 0 aromatic heterocycles. The van der Waals surface area contributed by atoms with Gasteiger partial charge < -0.3 is 19.5 Å². The van der Waals surface area contributed by atoms with Crippen LogP contribution >= 0.6 is 0 Å². The Kier molecular flexibility index (Phi) is 7.67. The van der Waals surface area contributed by atoms with Crippen molar-refractivity contribution in [1.29, 1.82) is 0 Å². The van der Waals surface area contributed by atoms with Crippen LogP contribution in [0.3, 0.4) is 0 Å². The first kappa shape index (κ1) is 23.5. The average molecular weight is 438 g/mol. The van der Waals surface area contributed by atoms with Gasteiger partial charge in [-0.25, -0.2) is 0 Å². The maximum Gasteiger partial charge on any atom is 0.214 e. The molecule has 0 fully saturated rings. The number of Topliss-reactive ketones (excluding diaryl/α,β-unsaturated/α-hetero) is 2. The van der Waals surface area contributed by atoms with Gasteiger partial charge in [-0.15, -0.1) is 0 Å². The van der Waals surface area contributed by atoms with E-state index in [4.69, 9.17) is 4.74 Å². The fraction of sp³-hybridized carbons (Fsp3) is 0.423. The number of hydrogen-bond donors (Lipinski definition) is 1. The molecule has 0 radical (unpaired) electrons. The predicted octanol–water partition coefficient (Wildman–Crippen LogP) is 4.72. The van der Waals surface area contributed by atoms with Crippen LogP contribution in [0.25, 0.3) is 0 Å². The van der Waals surface area contributed by atoms with Crippen molar-refractivity contribution in [3.05, 3.63) is 53.6 Å². The van der Waals surface area contributed by atoms with E-state index in [1.54, 1.807) is 13.0 Å². The van der Waals surface area contributed by atoms with Gasteiger partial charge in [0.05, 0.1) is 17.4 Å². The van der Waals surface area contributed by atoms with E-state index in [2.05, 4.69) is 12.1 Å². The molecule has 1 heterocycles. The number of ether oxygens (including phenoxy) is 1. The van der Waals surface area contributed by atoms with Gasteiger partial charge in [0.25, 0.3) is 0 Å². The zero-order valence-electron chi connectivity index (χ0n) is 18.9. The average Bonchev–Trinajstić information content (AvgIpc) is 2.74. The first-order valence-corrected chi connectivity index (χ1v) is 11.2. The van der Waals surface area contributed by atoms with Crippen molar-refractivity contribution in [2.45, 2.75) is 65.0 Å². The maximum absolute atomic E-state index is 13.1. The number of amides is 1. The number of aryl methyl sites for hydroxylation is 1. The van der Waals surface area contributed by atoms with Crippen molar-refractivity contribution in [2.75, 3.05) is 4.90 Å². The van der Waals surface area contributed by atoms with E-state index in [0.29, 0.717) is 24.3 Å². The first-order valence-electron chi connectivity index (χ1n) is 11.2. The molecule has 32 heavy (non-hydrogen) atoms. The summed E-state index contributed by atoms with van der Waals surface area (Å²) in [4.78, 5) is 37.8. The summed E-state index contributed by atoms with van der Waals surface area (Å²) >= 11 is 0. The van der Waals surface area contributed by atoms with Gasteiger partial charge in [-0.1, -0.05) is 30.3 Å². The van der Waals surface area contributed by atoms with Gasteiger partial charge in [0.15, 0.2) is 5.78 Å². The van der Waals surface area contributed by atoms with E-state index in [1.165, 1.54) is 23.5 Å². The highest BCUT2D eigenvalue weighted by Crippen LogP contribution is 2.42. The summed E-state index contributed by atoms with van der Waals surface area (Å²) in [6.45, 7) is 5.23. The van der Waals surface area contributed by atoms with Crippen LogP contribution in [0.1, 0.15) is 62.4 Å². The number of fused-ring (bicyclic) bond motifs is 1. The second-order valence-corrected chi connectivity index (χ2v) is 8.61. The number of rotatable bonds is 10. The molecule has 2 aromatic carbocycles. The fourth-order valence-electron chi connectivity index (χ4n) is 4.34. The Labute approximate surface area is 189 Å². The Morgan fingerprint density at radius 1 is 1.25 bits per heavy atom. The standard InChI is InChI=1S/C26H31NO5/c1-17(29)12-13-22-19(3)27(16-28)23-14-21(15-24(30)25(23)26(22)31)32-18(2)8-7-11-20-9-5-4-6-10-20/h4-6,9-10,14-16,18-19,22,30H,7-8,11-13H2,1-3H3/t18-,19+,22?/m1/s1. The molecule has 1 amide bonds. The smallest absolute Gasteiger partial charge is 0.214 e. The molecule has 0 saturated heterocycles. The number of aromatic hydroxyl groups is 1. The summed E-state index contributed by atoms with van der Waals surface area (Å²) in [5.41, 5.74) is 1.75. The maximum atomic E-state index is 13.1. The minimum atomic E-state index is -0.536. The second kappa shape index (κ2) is 10.4. The van der Waals surface area contributed by atoms with Gasteiger partial charge in [0.2, 0.25) is 6.41 Å². The summed E-state index contributed by atoms with van der Waals surface area (Å²) in [5, 5.41) is 10.6. The van der Waals surface area contributed by atoms with Crippen molar-refractivity contribution >= 4 is 23.7 Å². The number of hydrogen-bond acceptors (Lipinski definition) is 5. The van der Waals surface area contributed by atoms with Gasteiger partial charge >= 0.3 is 0 Å². The van der Waals surface area contributed by atoms with E-state index in [-0.39, 0.29) is 35.4 Å². The zero-order valence-corrected chi connectivity index (χ0v) is 18.9. The molecule has 1 unspecified atom stereocenters. The first-order chi connectivity index (χ1) is 15.3. The largest absolute Gasteiger partial charge is 0.507 e. The summed E-state index contributed by atoms with van der Waals surface area (Å²) in [6, 6.07) is 12.9. The molecule has 1 aliphatic rings. The van der Waals surface area contributed by atoms with E-state index in [9.17, 15) is 19.5 Å². The second-order valence-electron chi connectivity index (χ2n) is 8.61. The lowest BCUT2D eigenvalue weighted by Crippen LogP contribution is -2.46. The number of ketones is 2. The Hall–Kier alpha value is -3.15. The van der Waals surface area contributed by atoms with Crippen LogP contribution in [-0.2, 0) is 16.0 Å². The lowest BCUT2D eigenvalue weighted by molar-refractivity contribution is -0.117.